The van der Waals surface area contributed by atoms with E-state index in [4.69, 9.17) is 5.26 Å². The predicted octanol–water partition coefficient (Wildman–Crippen LogP) is 3.59. The summed E-state index contributed by atoms with van der Waals surface area (Å²) < 4.78 is 13.4. The Balaban J connectivity index is 2.21. The van der Waals surface area contributed by atoms with Gasteiger partial charge in [-0.3, -0.25) is 4.79 Å². The van der Waals surface area contributed by atoms with Gasteiger partial charge in [0.1, 0.15) is 5.82 Å². The molecule has 0 aromatic heterocycles. The maximum Gasteiger partial charge on any atom is 0.188 e. The van der Waals surface area contributed by atoms with E-state index < -0.39 is 11.6 Å². The maximum absolute atomic E-state index is 13.4. The summed E-state index contributed by atoms with van der Waals surface area (Å²) in [6.07, 6.45) is 2.87. The molecule has 2 aromatic rings. The van der Waals surface area contributed by atoms with E-state index in [1.165, 1.54) is 24.3 Å². The minimum Gasteiger partial charge on any atom is -0.289 e. The predicted molar refractivity (Wildman–Crippen MR) is 70.9 cm³/mol. The van der Waals surface area contributed by atoms with Gasteiger partial charge in [0.25, 0.3) is 0 Å². The monoisotopic (exact) mass is 251 g/mol. The van der Waals surface area contributed by atoms with Gasteiger partial charge in [-0.2, -0.15) is 5.26 Å². The van der Waals surface area contributed by atoms with Crippen LogP contribution in [0.25, 0.3) is 6.08 Å². The number of nitrogens with zero attached hydrogens (tertiary/aromatic N) is 1. The fraction of sp³-hybridized carbons (Fsp3) is 0. The van der Waals surface area contributed by atoms with Crippen LogP contribution in [0, 0.1) is 17.1 Å². The van der Waals surface area contributed by atoms with Crippen molar-refractivity contribution in [3.05, 3.63) is 77.1 Å². The van der Waals surface area contributed by atoms with Gasteiger partial charge in [0.2, 0.25) is 0 Å². The molecule has 0 aliphatic carbocycles. The fourth-order valence-electron chi connectivity index (χ4n) is 1.63. The van der Waals surface area contributed by atoms with Gasteiger partial charge in [-0.15, -0.1) is 0 Å². The van der Waals surface area contributed by atoms with Gasteiger partial charge in [0.05, 0.1) is 17.2 Å². The molecule has 0 saturated carbocycles. The molecule has 2 rings (SSSR count). The number of hydrogen-bond acceptors (Lipinski definition) is 2. The summed E-state index contributed by atoms with van der Waals surface area (Å²) in [4.78, 5) is 11.8. The lowest BCUT2D eigenvalue weighted by Crippen LogP contribution is -1.97. The van der Waals surface area contributed by atoms with E-state index in [9.17, 15) is 9.18 Å². The van der Waals surface area contributed by atoms with Crippen molar-refractivity contribution in [2.75, 3.05) is 0 Å². The number of benzene rings is 2. The number of halogens is 1. The summed E-state index contributed by atoms with van der Waals surface area (Å²) in [6, 6.07) is 14.7. The van der Waals surface area contributed by atoms with E-state index in [0.29, 0.717) is 5.56 Å². The van der Waals surface area contributed by atoms with Gasteiger partial charge in [-0.05, 0) is 35.9 Å². The SMILES string of the molecule is N#Cc1cccc(C=CC(=O)c2ccccc2F)c1. The van der Waals surface area contributed by atoms with Crippen LogP contribution in [0.5, 0.6) is 0 Å². The van der Waals surface area contributed by atoms with Crippen LogP contribution < -0.4 is 0 Å². The second kappa shape index (κ2) is 5.74. The molecule has 2 aromatic carbocycles. The van der Waals surface area contributed by atoms with Crippen LogP contribution in [0.15, 0.2) is 54.6 Å². The molecule has 0 heterocycles. The number of hydrogen-bond donors (Lipinski definition) is 0. The molecule has 0 amide bonds. The first-order chi connectivity index (χ1) is 9.20. The molecule has 2 nitrogen and oxygen atoms in total. The van der Waals surface area contributed by atoms with E-state index >= 15 is 0 Å². The summed E-state index contributed by atoms with van der Waals surface area (Å²) >= 11 is 0. The first-order valence-electron chi connectivity index (χ1n) is 5.68. The number of carbonyl (C=O) groups excluding carboxylic acids is 1. The van der Waals surface area contributed by atoms with Gasteiger partial charge in [0.15, 0.2) is 5.78 Å². The Morgan fingerprint density at radius 1 is 1.16 bits per heavy atom. The number of carbonyl (C=O) groups is 1. The van der Waals surface area contributed by atoms with Crippen molar-refractivity contribution in [1.82, 2.24) is 0 Å². The average molecular weight is 251 g/mol. The molecular formula is C16H10FNO. The van der Waals surface area contributed by atoms with Crippen molar-refractivity contribution >= 4 is 11.9 Å². The smallest absolute Gasteiger partial charge is 0.188 e. The molecule has 0 spiro atoms. The summed E-state index contributed by atoms with van der Waals surface area (Å²) in [5.74, 6) is -0.941. The Labute approximate surface area is 110 Å². The average Bonchev–Trinajstić information content (AvgIpc) is 2.45. The van der Waals surface area contributed by atoms with Crippen molar-refractivity contribution in [3.63, 3.8) is 0 Å². The second-order valence-corrected chi connectivity index (χ2v) is 3.91. The Kier molecular flexibility index (Phi) is 3.84. The molecule has 0 atom stereocenters. The lowest BCUT2D eigenvalue weighted by atomic mass is 10.1. The van der Waals surface area contributed by atoms with E-state index in [1.807, 2.05) is 6.07 Å². The molecule has 0 aliphatic rings. The normalized spacial score (nSPS) is 10.3. The highest BCUT2D eigenvalue weighted by atomic mass is 19.1. The lowest BCUT2D eigenvalue weighted by molar-refractivity contribution is 0.104. The highest BCUT2D eigenvalue weighted by molar-refractivity contribution is 6.06. The lowest BCUT2D eigenvalue weighted by Gasteiger charge is -1.97. The molecule has 0 fully saturated rings. The summed E-state index contributed by atoms with van der Waals surface area (Å²) in [5.41, 5.74) is 1.28. The van der Waals surface area contributed by atoms with Crippen molar-refractivity contribution < 1.29 is 9.18 Å². The topological polar surface area (TPSA) is 40.9 Å². The van der Waals surface area contributed by atoms with Gasteiger partial charge in [0, 0.05) is 0 Å². The van der Waals surface area contributed by atoms with Crippen molar-refractivity contribution in [1.29, 1.82) is 5.26 Å². The second-order valence-electron chi connectivity index (χ2n) is 3.91. The molecule has 92 valence electrons. The van der Waals surface area contributed by atoms with Crippen LogP contribution in [0.1, 0.15) is 21.5 Å². The number of rotatable bonds is 3. The van der Waals surface area contributed by atoms with Crippen LogP contribution in [0.3, 0.4) is 0 Å². The third-order valence-corrected chi connectivity index (χ3v) is 2.58. The maximum atomic E-state index is 13.4. The van der Waals surface area contributed by atoms with E-state index in [2.05, 4.69) is 0 Å². The Morgan fingerprint density at radius 2 is 1.95 bits per heavy atom. The minimum absolute atomic E-state index is 0.0372. The molecule has 0 radical (unpaired) electrons. The Hall–Kier alpha value is -2.73. The van der Waals surface area contributed by atoms with Crippen LogP contribution in [-0.2, 0) is 0 Å². The highest BCUT2D eigenvalue weighted by Crippen LogP contribution is 2.10. The molecule has 0 aliphatic heterocycles. The van der Waals surface area contributed by atoms with Crippen LogP contribution in [0.2, 0.25) is 0 Å². The zero-order chi connectivity index (χ0) is 13.7. The molecule has 0 saturated heterocycles. The number of nitriles is 1. The first kappa shape index (κ1) is 12.7. The molecule has 0 unspecified atom stereocenters. The van der Waals surface area contributed by atoms with Crippen molar-refractivity contribution in [2.45, 2.75) is 0 Å². The molecule has 0 bridgehead atoms. The zero-order valence-electron chi connectivity index (χ0n) is 10.0. The quantitative estimate of drug-likeness (QED) is 0.617. The van der Waals surface area contributed by atoms with Gasteiger partial charge >= 0.3 is 0 Å². The number of allylic oxidation sites excluding steroid dienone is 1. The number of ketones is 1. The Morgan fingerprint density at radius 3 is 2.68 bits per heavy atom. The largest absolute Gasteiger partial charge is 0.289 e. The summed E-state index contributed by atoms with van der Waals surface area (Å²) in [6.45, 7) is 0. The third-order valence-electron chi connectivity index (χ3n) is 2.58. The van der Waals surface area contributed by atoms with E-state index in [1.54, 1.807) is 36.4 Å². The zero-order valence-corrected chi connectivity index (χ0v) is 10.0. The van der Waals surface area contributed by atoms with E-state index in [-0.39, 0.29) is 5.56 Å². The highest BCUT2D eigenvalue weighted by Gasteiger charge is 2.06. The fourth-order valence-corrected chi connectivity index (χ4v) is 1.63. The van der Waals surface area contributed by atoms with Crippen molar-refractivity contribution in [2.24, 2.45) is 0 Å². The molecule has 0 N–H and O–H groups in total. The molecule has 3 heteroatoms. The Bertz CT molecular complexity index is 683. The minimum atomic E-state index is -0.539. The molecule has 19 heavy (non-hydrogen) atoms. The van der Waals surface area contributed by atoms with E-state index in [0.717, 1.165) is 5.56 Å². The third kappa shape index (κ3) is 3.14. The standard InChI is InChI=1S/C16H10FNO/c17-15-7-2-1-6-14(15)16(19)9-8-12-4-3-5-13(10-12)11-18/h1-10H. The van der Waals surface area contributed by atoms with Gasteiger partial charge in [-0.25, -0.2) is 4.39 Å². The van der Waals surface area contributed by atoms with Crippen LogP contribution in [-0.4, -0.2) is 5.78 Å². The summed E-state index contributed by atoms with van der Waals surface area (Å²) in [7, 11) is 0. The van der Waals surface area contributed by atoms with Crippen LogP contribution >= 0.6 is 0 Å². The summed E-state index contributed by atoms with van der Waals surface area (Å²) in [5, 5.41) is 8.76. The van der Waals surface area contributed by atoms with Gasteiger partial charge < -0.3 is 0 Å². The van der Waals surface area contributed by atoms with Crippen LogP contribution in [0.4, 0.5) is 4.39 Å². The first-order valence-corrected chi connectivity index (χ1v) is 5.68. The van der Waals surface area contributed by atoms with Crippen molar-refractivity contribution in [3.8, 4) is 6.07 Å². The van der Waals surface area contributed by atoms with Gasteiger partial charge in [-0.1, -0.05) is 30.3 Å². The molecular weight excluding hydrogens is 241 g/mol.